The van der Waals surface area contributed by atoms with E-state index in [0.29, 0.717) is 12.1 Å². The molecule has 0 fully saturated rings. The number of rotatable bonds is 2. The first-order valence-electron chi connectivity index (χ1n) is 5.11. The summed E-state index contributed by atoms with van der Waals surface area (Å²) in [4.78, 5) is 0. The molecule has 0 atom stereocenters. The second kappa shape index (κ2) is 4.24. The van der Waals surface area contributed by atoms with E-state index in [1.165, 1.54) is 6.07 Å². The molecule has 0 aliphatic rings. The Labute approximate surface area is 96.7 Å². The second-order valence-corrected chi connectivity index (χ2v) is 3.83. The van der Waals surface area contributed by atoms with Gasteiger partial charge in [-0.05, 0) is 30.7 Å². The van der Waals surface area contributed by atoms with Crippen molar-refractivity contribution >= 4 is 0 Å². The maximum Gasteiger partial charge on any atom is 0.416 e. The Morgan fingerprint density at radius 1 is 1.24 bits per heavy atom. The van der Waals surface area contributed by atoms with Crippen molar-refractivity contribution in [2.75, 3.05) is 0 Å². The standard InChI is InChI=1S/C12H11F3N2/c1-9-5-6-16-17(9)8-10-3-2-4-11(7-10)12(13,14)15/h2-7H,8H2,1H3. The summed E-state index contributed by atoms with van der Waals surface area (Å²) < 4.78 is 39.2. The minimum atomic E-state index is -4.30. The van der Waals surface area contributed by atoms with Gasteiger partial charge in [0.2, 0.25) is 0 Å². The third-order valence-electron chi connectivity index (χ3n) is 2.52. The highest BCUT2D eigenvalue weighted by Gasteiger charge is 2.30. The topological polar surface area (TPSA) is 17.8 Å². The molecule has 2 nitrogen and oxygen atoms in total. The van der Waals surface area contributed by atoms with Crippen LogP contribution in [0.4, 0.5) is 13.2 Å². The number of halogens is 3. The predicted molar refractivity (Wildman–Crippen MR) is 57.5 cm³/mol. The van der Waals surface area contributed by atoms with Crippen molar-refractivity contribution in [3.05, 3.63) is 53.3 Å². The average Bonchev–Trinajstić information content (AvgIpc) is 2.64. The zero-order valence-electron chi connectivity index (χ0n) is 9.20. The molecule has 2 aromatic rings. The largest absolute Gasteiger partial charge is 0.416 e. The Hall–Kier alpha value is -1.78. The van der Waals surface area contributed by atoms with Crippen LogP contribution in [0.3, 0.4) is 0 Å². The molecule has 0 spiro atoms. The highest BCUT2D eigenvalue weighted by atomic mass is 19.4. The van der Waals surface area contributed by atoms with Crippen LogP contribution in [0, 0.1) is 6.92 Å². The first-order valence-corrected chi connectivity index (χ1v) is 5.11. The fourth-order valence-corrected chi connectivity index (χ4v) is 1.58. The van der Waals surface area contributed by atoms with E-state index in [9.17, 15) is 13.2 Å². The SMILES string of the molecule is Cc1ccnn1Cc1cccc(C(F)(F)F)c1. The van der Waals surface area contributed by atoms with Crippen molar-refractivity contribution in [1.82, 2.24) is 9.78 Å². The summed E-state index contributed by atoms with van der Waals surface area (Å²) in [6.07, 6.45) is -2.67. The summed E-state index contributed by atoms with van der Waals surface area (Å²) in [6, 6.07) is 7.11. The lowest BCUT2D eigenvalue weighted by Gasteiger charge is -2.09. The molecule has 0 radical (unpaired) electrons. The van der Waals surface area contributed by atoms with Crippen LogP contribution in [0.2, 0.25) is 0 Å². The fourth-order valence-electron chi connectivity index (χ4n) is 1.58. The highest BCUT2D eigenvalue weighted by Crippen LogP contribution is 2.29. The van der Waals surface area contributed by atoms with Crippen molar-refractivity contribution in [1.29, 1.82) is 0 Å². The van der Waals surface area contributed by atoms with Gasteiger partial charge in [-0.15, -0.1) is 0 Å². The third kappa shape index (κ3) is 2.67. The number of alkyl halides is 3. The summed E-state index contributed by atoms with van der Waals surface area (Å²) in [7, 11) is 0. The van der Waals surface area contributed by atoms with Gasteiger partial charge in [0.05, 0.1) is 12.1 Å². The first kappa shape index (κ1) is 11.7. The van der Waals surface area contributed by atoms with Gasteiger partial charge in [-0.2, -0.15) is 18.3 Å². The van der Waals surface area contributed by atoms with Gasteiger partial charge in [0.15, 0.2) is 0 Å². The maximum atomic E-state index is 12.5. The summed E-state index contributed by atoms with van der Waals surface area (Å²) in [5, 5.41) is 4.04. The van der Waals surface area contributed by atoms with Crippen molar-refractivity contribution in [2.24, 2.45) is 0 Å². The molecule has 1 aromatic heterocycles. The number of nitrogens with zero attached hydrogens (tertiary/aromatic N) is 2. The Morgan fingerprint density at radius 3 is 2.59 bits per heavy atom. The van der Waals surface area contributed by atoms with E-state index < -0.39 is 11.7 Å². The van der Waals surface area contributed by atoms with E-state index in [0.717, 1.165) is 17.8 Å². The van der Waals surface area contributed by atoms with E-state index in [1.807, 2.05) is 13.0 Å². The van der Waals surface area contributed by atoms with E-state index in [4.69, 9.17) is 0 Å². The van der Waals surface area contributed by atoms with Crippen LogP contribution in [0.5, 0.6) is 0 Å². The molecule has 5 heteroatoms. The van der Waals surface area contributed by atoms with Crippen LogP contribution in [0.15, 0.2) is 36.5 Å². The van der Waals surface area contributed by atoms with Gasteiger partial charge in [0, 0.05) is 11.9 Å². The minimum absolute atomic E-state index is 0.350. The number of hydrogen-bond donors (Lipinski definition) is 0. The van der Waals surface area contributed by atoms with Crippen LogP contribution < -0.4 is 0 Å². The van der Waals surface area contributed by atoms with Crippen LogP contribution in [-0.4, -0.2) is 9.78 Å². The molecule has 1 heterocycles. The van der Waals surface area contributed by atoms with E-state index >= 15 is 0 Å². The lowest BCUT2D eigenvalue weighted by atomic mass is 10.1. The Morgan fingerprint density at radius 2 is 2.00 bits per heavy atom. The summed E-state index contributed by atoms with van der Waals surface area (Å²) in [5.41, 5.74) is 0.883. The lowest BCUT2D eigenvalue weighted by Crippen LogP contribution is -2.08. The summed E-state index contributed by atoms with van der Waals surface area (Å²) >= 11 is 0. The Bertz CT molecular complexity index is 514. The molecule has 0 amide bonds. The molecular formula is C12H11F3N2. The normalized spacial score (nSPS) is 11.8. The van der Waals surface area contributed by atoms with E-state index in [-0.39, 0.29) is 0 Å². The molecule has 0 saturated carbocycles. The molecule has 17 heavy (non-hydrogen) atoms. The number of hydrogen-bond acceptors (Lipinski definition) is 1. The lowest BCUT2D eigenvalue weighted by molar-refractivity contribution is -0.137. The fraction of sp³-hybridized carbons (Fsp3) is 0.250. The van der Waals surface area contributed by atoms with Crippen molar-refractivity contribution in [3.8, 4) is 0 Å². The average molecular weight is 240 g/mol. The van der Waals surface area contributed by atoms with Gasteiger partial charge in [-0.3, -0.25) is 4.68 Å². The van der Waals surface area contributed by atoms with Gasteiger partial charge < -0.3 is 0 Å². The van der Waals surface area contributed by atoms with E-state index in [1.54, 1.807) is 16.9 Å². The molecule has 0 unspecified atom stereocenters. The van der Waals surface area contributed by atoms with Gasteiger partial charge in [-0.25, -0.2) is 0 Å². The quantitative estimate of drug-likeness (QED) is 0.787. The predicted octanol–water partition coefficient (Wildman–Crippen LogP) is 3.26. The molecule has 0 aliphatic heterocycles. The molecule has 0 N–H and O–H groups in total. The van der Waals surface area contributed by atoms with Gasteiger partial charge >= 0.3 is 6.18 Å². The monoisotopic (exact) mass is 240 g/mol. The Balaban J connectivity index is 2.26. The highest BCUT2D eigenvalue weighted by molar-refractivity contribution is 5.26. The first-order chi connectivity index (χ1) is 7.97. The molecule has 2 rings (SSSR count). The van der Waals surface area contributed by atoms with Gasteiger partial charge in [-0.1, -0.05) is 12.1 Å². The van der Waals surface area contributed by atoms with Crippen molar-refractivity contribution in [3.63, 3.8) is 0 Å². The molecule has 1 aromatic carbocycles. The molecule has 0 bridgehead atoms. The molecule has 0 saturated heterocycles. The third-order valence-corrected chi connectivity index (χ3v) is 2.52. The summed E-state index contributed by atoms with van der Waals surface area (Å²) in [6.45, 7) is 2.21. The Kier molecular flexibility index (Phi) is 2.92. The molecule has 0 aliphatic carbocycles. The number of benzene rings is 1. The minimum Gasteiger partial charge on any atom is -0.265 e. The number of aromatic nitrogens is 2. The van der Waals surface area contributed by atoms with Crippen LogP contribution in [0.1, 0.15) is 16.8 Å². The smallest absolute Gasteiger partial charge is 0.265 e. The zero-order chi connectivity index (χ0) is 12.5. The zero-order valence-corrected chi connectivity index (χ0v) is 9.20. The number of aryl methyl sites for hydroxylation is 1. The second-order valence-electron chi connectivity index (χ2n) is 3.83. The maximum absolute atomic E-state index is 12.5. The van der Waals surface area contributed by atoms with Crippen LogP contribution >= 0.6 is 0 Å². The summed E-state index contributed by atoms with van der Waals surface area (Å²) in [5.74, 6) is 0. The van der Waals surface area contributed by atoms with Crippen molar-refractivity contribution in [2.45, 2.75) is 19.6 Å². The van der Waals surface area contributed by atoms with Gasteiger partial charge in [0.1, 0.15) is 0 Å². The van der Waals surface area contributed by atoms with Crippen LogP contribution in [0.25, 0.3) is 0 Å². The van der Waals surface area contributed by atoms with Crippen LogP contribution in [-0.2, 0) is 12.7 Å². The molecular weight excluding hydrogens is 229 g/mol. The van der Waals surface area contributed by atoms with E-state index in [2.05, 4.69) is 5.10 Å². The molecule has 90 valence electrons. The van der Waals surface area contributed by atoms with Crippen molar-refractivity contribution < 1.29 is 13.2 Å². The van der Waals surface area contributed by atoms with Gasteiger partial charge in [0.25, 0.3) is 0 Å².